The van der Waals surface area contributed by atoms with E-state index in [1.54, 1.807) is 11.3 Å². The lowest BCUT2D eigenvalue weighted by molar-refractivity contribution is -0.131. The lowest BCUT2D eigenvalue weighted by Crippen LogP contribution is -2.29. The fourth-order valence-electron chi connectivity index (χ4n) is 3.85. The van der Waals surface area contributed by atoms with E-state index in [0.717, 1.165) is 38.2 Å². The lowest BCUT2D eigenvalue weighted by atomic mass is 10.0. The molecule has 2 aromatic rings. The van der Waals surface area contributed by atoms with Gasteiger partial charge in [0.25, 0.3) is 0 Å². The van der Waals surface area contributed by atoms with Gasteiger partial charge in [-0.25, -0.2) is 0 Å². The van der Waals surface area contributed by atoms with Crippen LogP contribution in [0.2, 0.25) is 0 Å². The molecule has 2 aliphatic rings. The maximum absolute atomic E-state index is 12.5. The van der Waals surface area contributed by atoms with Gasteiger partial charge in [-0.2, -0.15) is 4.98 Å². The molecule has 1 unspecified atom stereocenters. The first-order valence-corrected chi connectivity index (χ1v) is 9.78. The van der Waals surface area contributed by atoms with E-state index in [1.165, 1.54) is 30.6 Å². The monoisotopic (exact) mass is 345 g/mol. The van der Waals surface area contributed by atoms with Gasteiger partial charge in [0.15, 0.2) is 5.82 Å². The summed E-state index contributed by atoms with van der Waals surface area (Å²) >= 11 is 1.70. The quantitative estimate of drug-likeness (QED) is 0.830. The van der Waals surface area contributed by atoms with Crippen LogP contribution in [-0.4, -0.2) is 34.0 Å². The second-order valence-electron chi connectivity index (χ2n) is 6.98. The van der Waals surface area contributed by atoms with Crippen molar-refractivity contribution in [3.63, 3.8) is 0 Å². The van der Waals surface area contributed by atoms with Crippen LogP contribution < -0.4 is 0 Å². The first-order chi connectivity index (χ1) is 11.8. The third-order valence-corrected chi connectivity index (χ3v) is 6.10. The van der Waals surface area contributed by atoms with Crippen LogP contribution in [0.5, 0.6) is 0 Å². The molecule has 1 saturated heterocycles. The van der Waals surface area contributed by atoms with Crippen LogP contribution in [0.3, 0.4) is 0 Å². The zero-order chi connectivity index (χ0) is 16.4. The third kappa shape index (κ3) is 3.53. The van der Waals surface area contributed by atoms with Crippen molar-refractivity contribution in [1.29, 1.82) is 0 Å². The molecule has 24 heavy (non-hydrogen) atoms. The predicted molar refractivity (Wildman–Crippen MR) is 91.9 cm³/mol. The number of thiophene rings is 1. The minimum Gasteiger partial charge on any atom is -0.342 e. The number of carbonyl (C=O) groups is 1. The smallest absolute Gasteiger partial charge is 0.231 e. The van der Waals surface area contributed by atoms with Gasteiger partial charge >= 0.3 is 0 Å². The Morgan fingerprint density at radius 1 is 1.33 bits per heavy atom. The van der Waals surface area contributed by atoms with E-state index >= 15 is 0 Å². The van der Waals surface area contributed by atoms with Gasteiger partial charge in [0, 0.05) is 30.8 Å². The fourth-order valence-corrected chi connectivity index (χ4v) is 4.55. The van der Waals surface area contributed by atoms with Crippen molar-refractivity contribution in [2.75, 3.05) is 13.1 Å². The second-order valence-corrected chi connectivity index (χ2v) is 8.02. The highest BCUT2D eigenvalue weighted by molar-refractivity contribution is 7.09. The molecule has 1 aliphatic heterocycles. The van der Waals surface area contributed by atoms with Gasteiger partial charge in [0.05, 0.1) is 5.92 Å². The fraction of sp³-hybridized carbons (Fsp3) is 0.611. The van der Waals surface area contributed by atoms with Gasteiger partial charge in [-0.1, -0.05) is 24.1 Å². The Morgan fingerprint density at radius 3 is 3.00 bits per heavy atom. The van der Waals surface area contributed by atoms with Gasteiger partial charge in [0.1, 0.15) is 0 Å². The van der Waals surface area contributed by atoms with Crippen LogP contribution in [0.15, 0.2) is 22.0 Å². The number of rotatable bonds is 5. The molecule has 0 N–H and O–H groups in total. The SMILES string of the molecule is O=C(CC1CCCC1)N1CCC(c2nc(Cc3cccs3)no2)C1. The van der Waals surface area contributed by atoms with Crippen molar-refractivity contribution in [3.8, 4) is 0 Å². The van der Waals surface area contributed by atoms with Crippen LogP contribution in [0, 0.1) is 5.92 Å². The Hall–Kier alpha value is -1.69. The first-order valence-electron chi connectivity index (χ1n) is 8.90. The minimum absolute atomic E-state index is 0.196. The second kappa shape index (κ2) is 7.05. The summed E-state index contributed by atoms with van der Waals surface area (Å²) in [5, 5.41) is 6.16. The Kier molecular flexibility index (Phi) is 4.65. The van der Waals surface area contributed by atoms with Crippen LogP contribution >= 0.6 is 11.3 Å². The molecule has 0 aromatic carbocycles. The van der Waals surface area contributed by atoms with Crippen molar-refractivity contribution < 1.29 is 9.32 Å². The number of nitrogens with zero attached hydrogens (tertiary/aromatic N) is 3. The summed E-state index contributed by atoms with van der Waals surface area (Å²) in [4.78, 5) is 20.2. The van der Waals surface area contributed by atoms with Crippen LogP contribution in [-0.2, 0) is 11.2 Å². The first kappa shape index (κ1) is 15.8. The Morgan fingerprint density at radius 2 is 2.21 bits per heavy atom. The largest absolute Gasteiger partial charge is 0.342 e. The van der Waals surface area contributed by atoms with Gasteiger partial charge in [0.2, 0.25) is 11.8 Å². The van der Waals surface area contributed by atoms with Crippen molar-refractivity contribution in [2.45, 2.75) is 50.9 Å². The molecule has 1 saturated carbocycles. The summed E-state index contributed by atoms with van der Waals surface area (Å²) in [6.07, 6.45) is 7.39. The van der Waals surface area contributed by atoms with Crippen molar-refractivity contribution >= 4 is 17.2 Å². The Bertz CT molecular complexity index is 676. The van der Waals surface area contributed by atoms with E-state index in [9.17, 15) is 4.79 Å². The summed E-state index contributed by atoms with van der Waals surface area (Å²) in [5.74, 6) is 2.54. The van der Waals surface area contributed by atoms with Crippen molar-refractivity contribution in [2.24, 2.45) is 5.92 Å². The third-order valence-electron chi connectivity index (χ3n) is 5.22. The van der Waals surface area contributed by atoms with E-state index < -0.39 is 0 Å². The van der Waals surface area contributed by atoms with E-state index in [-0.39, 0.29) is 5.92 Å². The maximum atomic E-state index is 12.5. The number of likely N-dealkylation sites (tertiary alicyclic amines) is 1. The molecule has 5 nitrogen and oxygen atoms in total. The van der Waals surface area contributed by atoms with E-state index in [0.29, 0.717) is 17.7 Å². The molecular formula is C18H23N3O2S. The topological polar surface area (TPSA) is 59.2 Å². The van der Waals surface area contributed by atoms with Gasteiger partial charge < -0.3 is 9.42 Å². The molecule has 0 spiro atoms. The van der Waals surface area contributed by atoms with Crippen molar-refractivity contribution in [3.05, 3.63) is 34.1 Å². The summed E-state index contributed by atoms with van der Waals surface area (Å²) in [5.41, 5.74) is 0. The van der Waals surface area contributed by atoms with Crippen LogP contribution in [0.1, 0.15) is 61.0 Å². The zero-order valence-electron chi connectivity index (χ0n) is 13.8. The summed E-state index contributed by atoms with van der Waals surface area (Å²) in [6.45, 7) is 1.55. The number of hydrogen-bond donors (Lipinski definition) is 0. The molecule has 1 amide bonds. The number of carbonyl (C=O) groups excluding carboxylic acids is 1. The molecule has 2 aromatic heterocycles. The van der Waals surface area contributed by atoms with E-state index in [2.05, 4.69) is 21.6 Å². The molecule has 3 heterocycles. The molecular weight excluding hydrogens is 322 g/mol. The Labute approximate surface area is 146 Å². The van der Waals surface area contributed by atoms with E-state index in [4.69, 9.17) is 4.52 Å². The van der Waals surface area contributed by atoms with Gasteiger partial charge in [-0.15, -0.1) is 11.3 Å². The molecule has 128 valence electrons. The van der Waals surface area contributed by atoms with Crippen LogP contribution in [0.4, 0.5) is 0 Å². The zero-order valence-corrected chi connectivity index (χ0v) is 14.6. The average molecular weight is 345 g/mol. The molecule has 2 fully saturated rings. The Balaban J connectivity index is 1.33. The predicted octanol–water partition coefficient (Wildman–Crippen LogP) is 3.62. The summed E-state index contributed by atoms with van der Waals surface area (Å²) < 4.78 is 5.46. The summed E-state index contributed by atoms with van der Waals surface area (Å²) in [6, 6.07) is 4.12. The number of hydrogen-bond acceptors (Lipinski definition) is 5. The average Bonchev–Trinajstić information content (AvgIpc) is 3.36. The molecule has 1 aliphatic carbocycles. The normalized spacial score (nSPS) is 21.7. The van der Waals surface area contributed by atoms with Crippen LogP contribution in [0.25, 0.3) is 0 Å². The van der Waals surface area contributed by atoms with Gasteiger partial charge in [-0.3, -0.25) is 4.79 Å². The molecule has 1 atom stereocenters. The molecule has 4 rings (SSSR count). The highest BCUT2D eigenvalue weighted by Crippen LogP contribution is 2.31. The lowest BCUT2D eigenvalue weighted by Gasteiger charge is -2.18. The van der Waals surface area contributed by atoms with Gasteiger partial charge in [-0.05, 0) is 36.6 Å². The minimum atomic E-state index is 0.196. The summed E-state index contributed by atoms with van der Waals surface area (Å²) in [7, 11) is 0. The maximum Gasteiger partial charge on any atom is 0.231 e. The number of aromatic nitrogens is 2. The number of amides is 1. The molecule has 0 radical (unpaired) electrons. The standard InChI is InChI=1S/C18H23N3O2S/c22-17(10-13-4-1-2-5-13)21-8-7-14(12-21)18-19-16(20-23-18)11-15-6-3-9-24-15/h3,6,9,13-14H,1-2,4-5,7-8,10-12H2. The highest BCUT2D eigenvalue weighted by atomic mass is 32.1. The van der Waals surface area contributed by atoms with Crippen molar-refractivity contribution in [1.82, 2.24) is 15.0 Å². The van der Waals surface area contributed by atoms with E-state index in [1.807, 2.05) is 11.0 Å². The highest BCUT2D eigenvalue weighted by Gasteiger charge is 2.32. The molecule has 6 heteroatoms. The molecule has 0 bridgehead atoms.